The summed E-state index contributed by atoms with van der Waals surface area (Å²) in [5.74, 6) is -0.357. The van der Waals surface area contributed by atoms with Gasteiger partial charge in [-0.25, -0.2) is 4.98 Å². The molecule has 0 bridgehead atoms. The number of carbonyl (C=O) groups excluding carboxylic acids is 1. The number of allylic oxidation sites excluding steroid dienone is 3. The lowest BCUT2D eigenvalue weighted by Crippen LogP contribution is -2.33. The van der Waals surface area contributed by atoms with E-state index in [9.17, 15) is 4.79 Å². The van der Waals surface area contributed by atoms with Crippen LogP contribution in [0.1, 0.15) is 42.2 Å². The van der Waals surface area contributed by atoms with Gasteiger partial charge in [0.1, 0.15) is 0 Å². The largest absolute Gasteiger partial charge is 0.397 e. The highest BCUT2D eigenvalue weighted by Gasteiger charge is 2.19. The molecule has 0 spiro atoms. The van der Waals surface area contributed by atoms with Gasteiger partial charge in [0.15, 0.2) is 5.69 Å². The Hall–Kier alpha value is -3.41. The van der Waals surface area contributed by atoms with Crippen LogP contribution < -0.4 is 11.1 Å². The van der Waals surface area contributed by atoms with E-state index in [1.54, 1.807) is 30.6 Å². The Morgan fingerprint density at radius 2 is 2.00 bits per heavy atom. The van der Waals surface area contributed by atoms with Crippen LogP contribution in [0.5, 0.6) is 0 Å². The van der Waals surface area contributed by atoms with E-state index in [1.807, 2.05) is 32.1 Å². The molecule has 30 heavy (non-hydrogen) atoms. The topological polar surface area (TPSA) is 84.1 Å². The highest BCUT2D eigenvalue weighted by atomic mass is 16.1. The first-order valence-corrected chi connectivity index (χ1v) is 10.3. The molecule has 156 valence electrons. The van der Waals surface area contributed by atoms with Crippen molar-refractivity contribution in [3.05, 3.63) is 78.1 Å². The van der Waals surface area contributed by atoms with Crippen molar-refractivity contribution < 1.29 is 4.79 Å². The monoisotopic (exact) mass is 403 g/mol. The average molecular weight is 404 g/mol. The number of nitrogens with zero attached hydrogens (tertiary/aromatic N) is 3. The van der Waals surface area contributed by atoms with Crippen LogP contribution in [0.3, 0.4) is 0 Å². The van der Waals surface area contributed by atoms with Gasteiger partial charge >= 0.3 is 0 Å². The zero-order valence-electron chi connectivity index (χ0n) is 17.7. The number of carbonyl (C=O) groups is 1. The maximum atomic E-state index is 13.1. The summed E-state index contributed by atoms with van der Waals surface area (Å²) < 4.78 is 0. The maximum Gasteiger partial charge on any atom is 0.276 e. The van der Waals surface area contributed by atoms with Crippen LogP contribution in [0.4, 0.5) is 5.69 Å². The minimum atomic E-state index is -0.357. The molecule has 1 fully saturated rings. The molecular weight excluding hydrogens is 374 g/mol. The predicted octanol–water partition coefficient (Wildman–Crippen LogP) is 4.22. The number of likely N-dealkylation sites (tertiary alicyclic amines) is 1. The van der Waals surface area contributed by atoms with Gasteiger partial charge in [-0.15, -0.1) is 0 Å². The Bertz CT molecular complexity index is 987. The number of aryl methyl sites for hydroxylation is 1. The number of nitrogens with two attached hydrogens (primary N) is 1. The molecule has 0 aromatic carbocycles. The molecule has 6 heteroatoms. The highest BCUT2D eigenvalue weighted by molar-refractivity contribution is 5.99. The van der Waals surface area contributed by atoms with Crippen molar-refractivity contribution in [2.24, 2.45) is 0 Å². The number of anilines is 1. The van der Waals surface area contributed by atoms with Gasteiger partial charge in [-0.3, -0.25) is 9.78 Å². The smallest absolute Gasteiger partial charge is 0.276 e. The molecule has 1 aliphatic heterocycles. The summed E-state index contributed by atoms with van der Waals surface area (Å²) in [4.78, 5) is 24.1. The van der Waals surface area contributed by atoms with Gasteiger partial charge in [0.05, 0.1) is 22.8 Å². The van der Waals surface area contributed by atoms with E-state index in [4.69, 9.17) is 5.73 Å². The Balaban J connectivity index is 1.94. The lowest BCUT2D eigenvalue weighted by Gasteiger charge is -2.31. The van der Waals surface area contributed by atoms with Crippen LogP contribution in [0, 0.1) is 6.92 Å². The number of hydrogen-bond donors (Lipinski definition) is 2. The predicted molar refractivity (Wildman–Crippen MR) is 122 cm³/mol. The lowest BCUT2D eigenvalue weighted by atomic mass is 10.1. The van der Waals surface area contributed by atoms with Crippen LogP contribution in [0.2, 0.25) is 0 Å². The van der Waals surface area contributed by atoms with Gasteiger partial charge in [-0.2, -0.15) is 0 Å². The van der Waals surface area contributed by atoms with Gasteiger partial charge in [0, 0.05) is 31.0 Å². The number of rotatable bonds is 6. The first-order valence-electron chi connectivity index (χ1n) is 10.3. The number of nitrogen functional groups attached to an aromatic ring is 1. The second-order valence-electron chi connectivity index (χ2n) is 7.33. The van der Waals surface area contributed by atoms with E-state index < -0.39 is 0 Å². The summed E-state index contributed by atoms with van der Waals surface area (Å²) in [5, 5.41) is 2.97. The van der Waals surface area contributed by atoms with Crippen LogP contribution >= 0.6 is 0 Å². The second kappa shape index (κ2) is 9.87. The molecule has 2 aromatic rings. The normalized spacial score (nSPS) is 15.1. The van der Waals surface area contributed by atoms with Gasteiger partial charge in [-0.1, -0.05) is 12.7 Å². The van der Waals surface area contributed by atoms with Crippen molar-refractivity contribution in [2.45, 2.75) is 33.1 Å². The third kappa shape index (κ3) is 4.76. The van der Waals surface area contributed by atoms with Crippen molar-refractivity contribution in [3.8, 4) is 11.3 Å². The molecule has 0 aliphatic carbocycles. The van der Waals surface area contributed by atoms with Gasteiger partial charge in [-0.05, 0) is 69.0 Å². The van der Waals surface area contributed by atoms with Crippen LogP contribution in [-0.4, -0.2) is 33.9 Å². The number of aromatic nitrogens is 2. The number of pyridine rings is 2. The molecule has 3 rings (SSSR count). The van der Waals surface area contributed by atoms with Gasteiger partial charge < -0.3 is 16.0 Å². The van der Waals surface area contributed by atoms with E-state index >= 15 is 0 Å². The van der Waals surface area contributed by atoms with Crippen molar-refractivity contribution >= 4 is 11.6 Å². The zero-order valence-corrected chi connectivity index (χ0v) is 17.7. The number of nitrogens with one attached hydrogen (secondary N) is 1. The summed E-state index contributed by atoms with van der Waals surface area (Å²) in [7, 11) is 0. The van der Waals surface area contributed by atoms with Crippen molar-refractivity contribution in [2.75, 3.05) is 18.8 Å². The minimum absolute atomic E-state index is 0.188. The molecule has 3 heterocycles. The van der Waals surface area contributed by atoms with Crippen molar-refractivity contribution in [1.29, 1.82) is 0 Å². The molecule has 0 unspecified atom stereocenters. The highest BCUT2D eigenvalue weighted by Crippen LogP contribution is 2.23. The quantitative estimate of drug-likeness (QED) is 0.706. The van der Waals surface area contributed by atoms with E-state index in [0.29, 0.717) is 17.1 Å². The maximum absolute atomic E-state index is 13.1. The van der Waals surface area contributed by atoms with Gasteiger partial charge in [0.2, 0.25) is 0 Å². The molecule has 6 nitrogen and oxygen atoms in total. The second-order valence-corrected chi connectivity index (χ2v) is 7.33. The summed E-state index contributed by atoms with van der Waals surface area (Å²) in [5.41, 5.74) is 10.8. The molecule has 0 radical (unpaired) electrons. The standard InChI is InChI=1S/C24H29N5O/c1-4-9-22(29-14-7-6-8-15-29)20(5-2)28-24(30)23-19(25)10-11-21(27-23)18-16-26-13-12-17(18)3/h4-5,9-13,16H,2,6-8,14-15,25H2,1,3H3,(H,28,30)/b9-4-,22-20-. The van der Waals surface area contributed by atoms with Crippen LogP contribution in [-0.2, 0) is 0 Å². The van der Waals surface area contributed by atoms with Crippen molar-refractivity contribution in [3.63, 3.8) is 0 Å². The van der Waals surface area contributed by atoms with Crippen LogP contribution in [0.25, 0.3) is 11.3 Å². The van der Waals surface area contributed by atoms with E-state index in [-0.39, 0.29) is 11.6 Å². The third-order valence-corrected chi connectivity index (χ3v) is 5.21. The Labute approximate surface area is 178 Å². The van der Waals surface area contributed by atoms with E-state index in [2.05, 4.69) is 26.8 Å². The first-order chi connectivity index (χ1) is 14.5. The number of hydrogen-bond acceptors (Lipinski definition) is 5. The number of amides is 1. The molecule has 0 atom stereocenters. The molecule has 2 aromatic heterocycles. The summed E-state index contributed by atoms with van der Waals surface area (Å²) >= 11 is 0. The summed E-state index contributed by atoms with van der Waals surface area (Å²) in [6.45, 7) is 9.78. The minimum Gasteiger partial charge on any atom is -0.397 e. The Kier molecular flexibility index (Phi) is 7.01. The summed E-state index contributed by atoms with van der Waals surface area (Å²) in [6.07, 6.45) is 12.6. The fraction of sp³-hybridized carbons (Fsp3) is 0.292. The van der Waals surface area contributed by atoms with Gasteiger partial charge in [0.25, 0.3) is 5.91 Å². The number of piperidine rings is 1. The van der Waals surface area contributed by atoms with Crippen LogP contribution in [0.15, 0.2) is 66.8 Å². The molecule has 1 aliphatic rings. The lowest BCUT2D eigenvalue weighted by molar-refractivity contribution is 0.0962. The van der Waals surface area contributed by atoms with Crippen molar-refractivity contribution in [1.82, 2.24) is 20.2 Å². The fourth-order valence-electron chi connectivity index (χ4n) is 3.59. The molecule has 1 amide bonds. The third-order valence-electron chi connectivity index (χ3n) is 5.21. The first kappa shape index (κ1) is 21.3. The summed E-state index contributed by atoms with van der Waals surface area (Å²) in [6, 6.07) is 5.42. The Morgan fingerprint density at radius 1 is 1.23 bits per heavy atom. The van der Waals surface area contributed by atoms with E-state index in [0.717, 1.165) is 42.8 Å². The van der Waals surface area contributed by atoms with E-state index in [1.165, 1.54) is 6.42 Å². The average Bonchev–Trinajstić information content (AvgIpc) is 2.77. The molecule has 1 saturated heterocycles. The molecule has 0 saturated carbocycles. The SMILES string of the molecule is C=C/C(NC(=O)c1nc(-c2cnccc2C)ccc1N)=C(\C=C/C)N1CCCCC1. The fourth-order valence-corrected chi connectivity index (χ4v) is 3.59. The molecular formula is C24H29N5O. The zero-order chi connectivity index (χ0) is 21.5. The molecule has 3 N–H and O–H groups in total. The Morgan fingerprint density at radius 3 is 2.67 bits per heavy atom.